The number of thiophene rings is 1. The number of benzene rings is 6. The topological polar surface area (TPSA) is 23.0 Å². The van der Waals surface area contributed by atoms with E-state index in [1.54, 1.807) is 0 Å². The van der Waals surface area contributed by atoms with Gasteiger partial charge in [0, 0.05) is 58.7 Å². The Morgan fingerprint density at radius 3 is 2.43 bits per heavy atom. The zero-order valence-corrected chi connectivity index (χ0v) is 26.0. The van der Waals surface area contributed by atoms with Gasteiger partial charge in [0.1, 0.15) is 5.58 Å². The van der Waals surface area contributed by atoms with E-state index in [2.05, 4.69) is 125 Å². The molecule has 0 saturated heterocycles. The lowest BCUT2D eigenvalue weighted by atomic mass is 9.45. The molecule has 3 aliphatic heterocycles. The van der Waals surface area contributed by atoms with Crippen molar-refractivity contribution >= 4 is 93.2 Å². The molecule has 0 radical (unpaired) electrons. The van der Waals surface area contributed by atoms with Gasteiger partial charge in [-0.2, -0.15) is 0 Å². The average molecular weight is 613 g/mol. The van der Waals surface area contributed by atoms with E-state index in [-0.39, 0.29) is 12.3 Å². The summed E-state index contributed by atoms with van der Waals surface area (Å²) in [6, 6.07) is 41.2. The Balaban J connectivity index is 1.33. The molecular weight excluding hydrogens is 591 g/mol. The molecule has 0 N–H and O–H groups in total. The van der Waals surface area contributed by atoms with E-state index in [4.69, 9.17) is 4.42 Å². The summed E-state index contributed by atoms with van der Waals surface area (Å²) in [5, 5.41) is 6.59. The molecular formula is C42H21BN2OS. The van der Waals surface area contributed by atoms with Gasteiger partial charge in [-0.25, -0.2) is 0 Å². The van der Waals surface area contributed by atoms with Crippen molar-refractivity contribution in [2.75, 3.05) is 0 Å². The van der Waals surface area contributed by atoms with Crippen molar-refractivity contribution in [2.45, 2.75) is 12.3 Å². The lowest BCUT2D eigenvalue weighted by molar-refractivity contribution is 0.673. The molecule has 47 heavy (non-hydrogen) atoms. The Labute approximate surface area is 272 Å². The maximum Gasteiger partial charge on any atom is 0.333 e. The molecule has 0 saturated carbocycles. The fourth-order valence-corrected chi connectivity index (χ4v) is 11.8. The molecule has 4 aliphatic rings. The van der Waals surface area contributed by atoms with Gasteiger partial charge in [0.2, 0.25) is 0 Å². The molecule has 6 aromatic carbocycles. The van der Waals surface area contributed by atoms with Crippen LogP contribution in [0.3, 0.4) is 0 Å². The van der Waals surface area contributed by atoms with Gasteiger partial charge in [0.25, 0.3) is 0 Å². The molecule has 0 amide bonds. The number of aromatic nitrogens is 2. The Hall–Kier alpha value is -5.52. The van der Waals surface area contributed by atoms with Gasteiger partial charge in [-0.05, 0) is 70.4 Å². The molecule has 1 atom stereocenters. The predicted octanol–water partition coefficient (Wildman–Crippen LogP) is 9.45. The number of rotatable bonds is 0. The van der Waals surface area contributed by atoms with E-state index in [1.165, 1.54) is 109 Å². The SMILES string of the molecule is CC12c3ccccc3-c3c1n1c4c(cccc34)B3c4c(cc5sc6cccc2c6c5c4-1)-c1cccc2c4oc5ccccc5c4n3c12. The van der Waals surface area contributed by atoms with Crippen LogP contribution in [0.15, 0.2) is 114 Å². The first-order valence-electron chi connectivity index (χ1n) is 16.5. The van der Waals surface area contributed by atoms with Crippen molar-refractivity contribution in [1.29, 1.82) is 0 Å². The van der Waals surface area contributed by atoms with Gasteiger partial charge in [-0.3, -0.25) is 0 Å². The standard InChI is InChI=1S/C42H21BN2OS/c1-42-26-14-4-2-9-21(26)32-23-12-7-16-28-37(23)44(41(32)42)39-34-31(47-30-18-8-15-27(42)33(30)34)19-25-20-11-6-13-24-36(20)45(43(28)35(25)39)38-22-10-3-5-17-29(22)46-40(24)38/h2-19H,1H3. The van der Waals surface area contributed by atoms with Crippen LogP contribution in [0.4, 0.5) is 0 Å². The summed E-state index contributed by atoms with van der Waals surface area (Å²) >= 11 is 1.96. The summed E-state index contributed by atoms with van der Waals surface area (Å²) in [7, 11) is 0. The minimum Gasteiger partial charge on any atom is -0.454 e. The largest absolute Gasteiger partial charge is 0.454 e. The molecule has 1 aliphatic carbocycles. The van der Waals surface area contributed by atoms with Crippen molar-refractivity contribution in [1.82, 2.24) is 9.05 Å². The molecule has 7 heterocycles. The van der Waals surface area contributed by atoms with Gasteiger partial charge in [0.15, 0.2) is 5.58 Å². The lowest BCUT2D eigenvalue weighted by Gasteiger charge is -2.35. The fraction of sp³-hybridized carbons (Fsp3) is 0.0476. The number of furan rings is 1. The maximum atomic E-state index is 6.72. The number of hydrogen-bond donors (Lipinski definition) is 0. The zero-order chi connectivity index (χ0) is 30.1. The van der Waals surface area contributed by atoms with Crippen molar-refractivity contribution < 1.29 is 4.42 Å². The smallest absolute Gasteiger partial charge is 0.333 e. The van der Waals surface area contributed by atoms with Gasteiger partial charge >= 0.3 is 6.85 Å². The first kappa shape index (κ1) is 22.9. The molecule has 5 heteroatoms. The molecule has 14 rings (SSSR count). The Morgan fingerprint density at radius 2 is 1.45 bits per heavy atom. The summed E-state index contributed by atoms with van der Waals surface area (Å²) < 4.78 is 14.9. The zero-order valence-electron chi connectivity index (χ0n) is 25.2. The van der Waals surface area contributed by atoms with Crippen LogP contribution in [-0.4, -0.2) is 15.9 Å². The van der Waals surface area contributed by atoms with Crippen LogP contribution in [0, 0.1) is 0 Å². The van der Waals surface area contributed by atoms with Crippen molar-refractivity contribution in [3.05, 3.63) is 126 Å². The van der Waals surface area contributed by atoms with Crippen LogP contribution in [0.25, 0.3) is 92.0 Å². The second kappa shape index (κ2) is 6.92. The van der Waals surface area contributed by atoms with Crippen molar-refractivity contribution in [2.24, 2.45) is 0 Å². The van der Waals surface area contributed by atoms with Crippen LogP contribution < -0.4 is 10.9 Å². The van der Waals surface area contributed by atoms with Crippen LogP contribution >= 0.6 is 11.3 Å². The monoisotopic (exact) mass is 612 g/mol. The lowest BCUT2D eigenvalue weighted by Crippen LogP contribution is -2.55. The molecule has 0 bridgehead atoms. The molecule has 4 aromatic heterocycles. The highest BCUT2D eigenvalue weighted by Gasteiger charge is 2.52. The van der Waals surface area contributed by atoms with Crippen LogP contribution in [0.5, 0.6) is 0 Å². The van der Waals surface area contributed by atoms with E-state index in [0.717, 1.165) is 11.2 Å². The van der Waals surface area contributed by atoms with E-state index >= 15 is 0 Å². The van der Waals surface area contributed by atoms with E-state index in [0.29, 0.717) is 0 Å². The van der Waals surface area contributed by atoms with Gasteiger partial charge in [0.05, 0.1) is 22.1 Å². The summed E-state index contributed by atoms with van der Waals surface area (Å²) in [6.45, 7) is 2.52. The third-order valence-corrected chi connectivity index (χ3v) is 13.3. The normalized spacial score (nSPS) is 17.5. The van der Waals surface area contributed by atoms with E-state index in [9.17, 15) is 0 Å². The summed E-state index contributed by atoms with van der Waals surface area (Å²) in [6.07, 6.45) is 0. The maximum absolute atomic E-state index is 6.72. The van der Waals surface area contributed by atoms with Gasteiger partial charge in [-0.1, -0.05) is 78.9 Å². The second-order valence-corrected chi connectivity index (χ2v) is 15.1. The summed E-state index contributed by atoms with van der Waals surface area (Å²) in [5.41, 5.74) is 19.4. The molecule has 3 nitrogen and oxygen atoms in total. The molecule has 0 spiro atoms. The van der Waals surface area contributed by atoms with Gasteiger partial charge < -0.3 is 13.5 Å². The van der Waals surface area contributed by atoms with Crippen molar-refractivity contribution in [3.63, 3.8) is 0 Å². The molecule has 10 aromatic rings. The number of para-hydroxylation sites is 3. The highest BCUT2D eigenvalue weighted by molar-refractivity contribution is 7.26. The molecule has 214 valence electrons. The third kappa shape index (κ3) is 2.11. The summed E-state index contributed by atoms with van der Waals surface area (Å²) in [5.74, 6) is 0. The molecule has 0 fully saturated rings. The Bertz CT molecular complexity index is 3220. The predicted molar refractivity (Wildman–Crippen MR) is 196 cm³/mol. The second-order valence-electron chi connectivity index (χ2n) is 14.1. The van der Waals surface area contributed by atoms with E-state index < -0.39 is 0 Å². The average Bonchev–Trinajstić information content (AvgIpc) is 3.88. The molecule has 1 unspecified atom stereocenters. The highest BCUT2D eigenvalue weighted by Crippen LogP contribution is 2.61. The minimum atomic E-state index is -0.282. The highest BCUT2D eigenvalue weighted by atomic mass is 32.1. The van der Waals surface area contributed by atoms with Crippen LogP contribution in [0.2, 0.25) is 0 Å². The first-order valence-corrected chi connectivity index (χ1v) is 17.3. The van der Waals surface area contributed by atoms with Crippen LogP contribution in [-0.2, 0) is 5.41 Å². The Kier molecular flexibility index (Phi) is 3.37. The third-order valence-electron chi connectivity index (χ3n) is 12.2. The fourth-order valence-electron chi connectivity index (χ4n) is 10.7. The van der Waals surface area contributed by atoms with Crippen molar-refractivity contribution in [3.8, 4) is 27.9 Å². The van der Waals surface area contributed by atoms with E-state index in [1.807, 2.05) is 11.3 Å². The van der Waals surface area contributed by atoms with Gasteiger partial charge in [-0.15, -0.1) is 11.3 Å². The number of fused-ring (bicyclic) bond motifs is 13. The minimum absolute atomic E-state index is 0.0215. The number of nitrogens with zero attached hydrogens (tertiary/aromatic N) is 2. The quantitative estimate of drug-likeness (QED) is 0.157. The number of hydrogen-bond acceptors (Lipinski definition) is 2. The first-order chi connectivity index (χ1) is 23.2. The Morgan fingerprint density at radius 1 is 0.660 bits per heavy atom. The van der Waals surface area contributed by atoms with Crippen LogP contribution in [0.1, 0.15) is 23.7 Å². The summed E-state index contributed by atoms with van der Waals surface area (Å²) in [4.78, 5) is 0.